The molecule has 5 nitrogen and oxygen atoms in total. The summed E-state index contributed by atoms with van der Waals surface area (Å²) in [5.74, 6) is 1.71. The van der Waals surface area contributed by atoms with E-state index in [0.29, 0.717) is 12.6 Å². The van der Waals surface area contributed by atoms with Gasteiger partial charge in [0, 0.05) is 12.6 Å². The number of aliphatic imine (C=N–C) groups is 1. The fraction of sp³-hybridized carbons (Fsp3) is 0.333. The molecule has 0 unspecified atom stereocenters. The molecule has 1 aliphatic carbocycles. The molecule has 1 heterocycles. The third-order valence-electron chi connectivity index (χ3n) is 3.79. The normalized spacial score (nSPS) is 14.5. The van der Waals surface area contributed by atoms with Crippen molar-refractivity contribution in [2.24, 2.45) is 4.99 Å². The molecule has 0 saturated carbocycles. The van der Waals surface area contributed by atoms with E-state index in [2.05, 4.69) is 56.8 Å². The van der Waals surface area contributed by atoms with E-state index in [1.54, 1.807) is 0 Å². The molecule has 128 valence electrons. The Morgan fingerprint density at radius 3 is 2.71 bits per heavy atom. The Labute approximate surface area is 160 Å². The maximum absolute atomic E-state index is 4.63. The lowest BCUT2D eigenvalue weighted by molar-refractivity contribution is 0.633. The van der Waals surface area contributed by atoms with Crippen molar-refractivity contribution in [2.75, 3.05) is 6.54 Å². The van der Waals surface area contributed by atoms with Crippen LogP contribution in [-0.4, -0.2) is 28.5 Å². The number of hydrogen-bond acceptors (Lipinski definition) is 2. The van der Waals surface area contributed by atoms with Crippen LogP contribution in [0.5, 0.6) is 0 Å². The average Bonchev–Trinajstić information content (AvgIpc) is 3.25. The second-order valence-electron chi connectivity index (χ2n) is 5.59. The fourth-order valence-electron chi connectivity index (χ4n) is 2.61. The maximum atomic E-state index is 4.63. The number of aromatic nitrogens is 2. The minimum Gasteiger partial charge on any atom is -0.357 e. The van der Waals surface area contributed by atoms with Gasteiger partial charge in [0.1, 0.15) is 12.4 Å². The smallest absolute Gasteiger partial charge is 0.191 e. The van der Waals surface area contributed by atoms with Crippen molar-refractivity contribution in [3.63, 3.8) is 0 Å². The van der Waals surface area contributed by atoms with Crippen molar-refractivity contribution >= 4 is 29.9 Å². The van der Waals surface area contributed by atoms with Crippen molar-refractivity contribution in [3.8, 4) is 11.3 Å². The van der Waals surface area contributed by atoms with Gasteiger partial charge in [-0.2, -0.15) is 0 Å². The molecule has 3 rings (SSSR count). The van der Waals surface area contributed by atoms with Crippen LogP contribution in [-0.2, 0) is 6.54 Å². The minimum absolute atomic E-state index is 0. The summed E-state index contributed by atoms with van der Waals surface area (Å²) < 4.78 is 0. The molecule has 0 radical (unpaired) electrons. The molecule has 0 saturated heterocycles. The number of benzene rings is 1. The van der Waals surface area contributed by atoms with Crippen LogP contribution < -0.4 is 10.6 Å². The molecule has 0 bridgehead atoms. The van der Waals surface area contributed by atoms with E-state index in [1.807, 2.05) is 24.4 Å². The van der Waals surface area contributed by atoms with Gasteiger partial charge in [-0.05, 0) is 25.3 Å². The Balaban J connectivity index is 0.00000208. The molecule has 24 heavy (non-hydrogen) atoms. The number of nitrogens with zero attached hydrogens (tertiary/aromatic N) is 2. The van der Waals surface area contributed by atoms with Crippen LogP contribution in [0.1, 0.15) is 25.6 Å². The number of hydrogen-bond donors (Lipinski definition) is 3. The van der Waals surface area contributed by atoms with E-state index in [-0.39, 0.29) is 24.0 Å². The lowest BCUT2D eigenvalue weighted by Crippen LogP contribution is -2.42. The fourth-order valence-corrected chi connectivity index (χ4v) is 2.61. The van der Waals surface area contributed by atoms with E-state index < -0.39 is 0 Å². The van der Waals surface area contributed by atoms with Gasteiger partial charge in [-0.1, -0.05) is 42.5 Å². The SMILES string of the molecule is CCNC(=NCc1ncc(-c2ccccc2)[nH]1)NC1CC=CC1.I. The number of halogens is 1. The molecule has 0 amide bonds. The highest BCUT2D eigenvalue weighted by Crippen LogP contribution is 2.16. The molecule has 2 aromatic rings. The van der Waals surface area contributed by atoms with Crippen LogP contribution in [0, 0.1) is 0 Å². The summed E-state index contributed by atoms with van der Waals surface area (Å²) in [5.41, 5.74) is 2.16. The van der Waals surface area contributed by atoms with E-state index in [9.17, 15) is 0 Å². The molecule has 0 aliphatic heterocycles. The van der Waals surface area contributed by atoms with Crippen LogP contribution in [0.3, 0.4) is 0 Å². The molecular formula is C18H24IN5. The van der Waals surface area contributed by atoms with E-state index in [0.717, 1.165) is 42.4 Å². The molecule has 3 N–H and O–H groups in total. The summed E-state index contributed by atoms with van der Waals surface area (Å²) in [6, 6.07) is 10.6. The van der Waals surface area contributed by atoms with Crippen molar-refractivity contribution in [1.29, 1.82) is 0 Å². The Morgan fingerprint density at radius 2 is 2.00 bits per heavy atom. The van der Waals surface area contributed by atoms with E-state index in [1.165, 1.54) is 0 Å². The number of imidazole rings is 1. The van der Waals surface area contributed by atoms with Gasteiger partial charge in [0.15, 0.2) is 5.96 Å². The molecule has 0 atom stereocenters. The number of aromatic amines is 1. The first kappa shape index (κ1) is 18.5. The molecule has 0 fully saturated rings. The lowest BCUT2D eigenvalue weighted by atomic mass is 10.2. The summed E-state index contributed by atoms with van der Waals surface area (Å²) in [6.45, 7) is 3.45. The van der Waals surface area contributed by atoms with Crippen molar-refractivity contribution < 1.29 is 0 Å². The summed E-state index contributed by atoms with van der Waals surface area (Å²) in [4.78, 5) is 12.4. The van der Waals surface area contributed by atoms with Crippen LogP contribution in [0.15, 0.2) is 53.7 Å². The zero-order valence-electron chi connectivity index (χ0n) is 13.8. The summed E-state index contributed by atoms with van der Waals surface area (Å²) in [5, 5.41) is 6.75. The monoisotopic (exact) mass is 437 g/mol. The van der Waals surface area contributed by atoms with Crippen LogP contribution in [0.2, 0.25) is 0 Å². The molecule has 1 aromatic heterocycles. The van der Waals surface area contributed by atoms with Crippen LogP contribution in [0.4, 0.5) is 0 Å². The van der Waals surface area contributed by atoms with Crippen molar-refractivity contribution in [1.82, 2.24) is 20.6 Å². The van der Waals surface area contributed by atoms with Crippen LogP contribution >= 0.6 is 24.0 Å². The van der Waals surface area contributed by atoms with Gasteiger partial charge in [0.05, 0.1) is 11.9 Å². The van der Waals surface area contributed by atoms with Crippen molar-refractivity contribution in [3.05, 3.63) is 54.5 Å². The zero-order valence-corrected chi connectivity index (χ0v) is 16.2. The highest BCUT2D eigenvalue weighted by atomic mass is 127. The Bertz CT molecular complexity index is 670. The Morgan fingerprint density at radius 1 is 1.25 bits per heavy atom. The molecule has 1 aromatic carbocycles. The first-order valence-corrected chi connectivity index (χ1v) is 8.14. The largest absolute Gasteiger partial charge is 0.357 e. The summed E-state index contributed by atoms with van der Waals surface area (Å²) in [6.07, 6.45) is 8.40. The molecule has 6 heteroatoms. The first-order chi connectivity index (χ1) is 11.3. The van der Waals surface area contributed by atoms with Gasteiger partial charge in [0.25, 0.3) is 0 Å². The van der Waals surface area contributed by atoms with Gasteiger partial charge in [-0.15, -0.1) is 24.0 Å². The molecule has 1 aliphatic rings. The Hall–Kier alpha value is -1.83. The molecular weight excluding hydrogens is 413 g/mol. The number of H-pyrrole nitrogens is 1. The first-order valence-electron chi connectivity index (χ1n) is 8.14. The predicted molar refractivity (Wildman–Crippen MR) is 110 cm³/mol. The number of rotatable bonds is 5. The molecule has 0 spiro atoms. The van der Waals surface area contributed by atoms with Crippen molar-refractivity contribution in [2.45, 2.75) is 32.4 Å². The Kier molecular flexibility index (Phi) is 7.30. The quantitative estimate of drug-likeness (QED) is 0.291. The van der Waals surface area contributed by atoms with Gasteiger partial charge in [0.2, 0.25) is 0 Å². The number of guanidine groups is 1. The van der Waals surface area contributed by atoms with E-state index >= 15 is 0 Å². The average molecular weight is 437 g/mol. The lowest BCUT2D eigenvalue weighted by Gasteiger charge is -2.16. The summed E-state index contributed by atoms with van der Waals surface area (Å²) >= 11 is 0. The second kappa shape index (κ2) is 9.46. The zero-order chi connectivity index (χ0) is 15.9. The topological polar surface area (TPSA) is 65.1 Å². The van der Waals surface area contributed by atoms with Gasteiger partial charge in [-0.3, -0.25) is 0 Å². The van der Waals surface area contributed by atoms with Gasteiger partial charge >= 0.3 is 0 Å². The highest BCUT2D eigenvalue weighted by molar-refractivity contribution is 14.0. The van der Waals surface area contributed by atoms with Gasteiger partial charge in [-0.25, -0.2) is 9.98 Å². The van der Waals surface area contributed by atoms with Crippen LogP contribution in [0.25, 0.3) is 11.3 Å². The minimum atomic E-state index is 0. The highest BCUT2D eigenvalue weighted by Gasteiger charge is 2.11. The standard InChI is InChI=1S/C18H23N5.HI/c1-2-19-18(22-15-10-6-7-11-15)21-13-17-20-12-16(23-17)14-8-4-3-5-9-14;/h3-9,12,15H,2,10-11,13H2,1H3,(H,20,23)(H2,19,21,22);1H. The third-order valence-corrected chi connectivity index (χ3v) is 3.79. The van der Waals surface area contributed by atoms with Gasteiger partial charge < -0.3 is 15.6 Å². The number of nitrogens with one attached hydrogen (secondary N) is 3. The van der Waals surface area contributed by atoms with E-state index in [4.69, 9.17) is 0 Å². The third kappa shape index (κ3) is 5.09. The maximum Gasteiger partial charge on any atom is 0.191 e. The second-order valence-corrected chi connectivity index (χ2v) is 5.59. The summed E-state index contributed by atoms with van der Waals surface area (Å²) in [7, 11) is 0. The predicted octanol–water partition coefficient (Wildman–Crippen LogP) is 3.47.